The Morgan fingerprint density at radius 2 is 1.80 bits per heavy atom. The van der Waals surface area contributed by atoms with Crippen LogP contribution in [0.4, 0.5) is 0 Å². The van der Waals surface area contributed by atoms with E-state index < -0.39 is 0 Å². The number of carbonyl (C=O) groups excluding carboxylic acids is 1. The van der Waals surface area contributed by atoms with Crippen LogP contribution < -0.4 is 0 Å². The van der Waals surface area contributed by atoms with Gasteiger partial charge in [0.25, 0.3) is 0 Å². The highest BCUT2D eigenvalue weighted by molar-refractivity contribution is 5.76. The van der Waals surface area contributed by atoms with Crippen LogP contribution in [0.5, 0.6) is 0 Å². The first-order valence-electron chi connectivity index (χ1n) is 5.72. The predicted octanol–water partition coefficient (Wildman–Crippen LogP) is 0.768. The number of nitrogens with zero attached hydrogens (tertiary/aromatic N) is 1. The highest BCUT2D eigenvalue weighted by Crippen LogP contribution is 2.10. The molecule has 0 aromatic heterocycles. The largest absolute Gasteiger partial charge is 0.396 e. The van der Waals surface area contributed by atoms with Crippen molar-refractivity contribution in [1.29, 1.82) is 0 Å². The molecule has 0 saturated carbocycles. The lowest BCUT2D eigenvalue weighted by atomic mass is 10.1. The molecule has 0 aliphatic heterocycles. The maximum atomic E-state index is 11.8. The zero-order valence-corrected chi connectivity index (χ0v) is 9.78. The minimum atomic E-state index is 0.00135. The summed E-state index contributed by atoms with van der Waals surface area (Å²) in [6.07, 6.45) is 2.68. The molecule has 0 radical (unpaired) electrons. The monoisotopic (exact) mass is 217 g/mol. The molecular weight excluding hydrogens is 194 g/mol. The summed E-state index contributed by atoms with van der Waals surface area (Å²) in [7, 11) is 0. The topological polar surface area (TPSA) is 60.8 Å². The smallest absolute Gasteiger partial charge is 0.222 e. The molecule has 1 amide bonds. The van der Waals surface area contributed by atoms with E-state index >= 15 is 0 Å². The van der Waals surface area contributed by atoms with Crippen LogP contribution in [0, 0.1) is 0 Å². The van der Waals surface area contributed by atoms with Crippen molar-refractivity contribution in [3.63, 3.8) is 0 Å². The van der Waals surface area contributed by atoms with Crippen molar-refractivity contribution in [3.05, 3.63) is 0 Å². The standard InChI is InChI=1S/C11H23NO3/c1-3-10(4-2)12(7-9-14)11(15)6-5-8-13/h10,13-14H,3-9H2,1-2H3. The lowest BCUT2D eigenvalue weighted by molar-refractivity contribution is -0.134. The van der Waals surface area contributed by atoms with Crippen LogP contribution in [0.2, 0.25) is 0 Å². The van der Waals surface area contributed by atoms with Crippen LogP contribution in [0.15, 0.2) is 0 Å². The van der Waals surface area contributed by atoms with Crippen molar-refractivity contribution in [1.82, 2.24) is 4.90 Å². The van der Waals surface area contributed by atoms with Crippen LogP contribution in [0.1, 0.15) is 39.5 Å². The van der Waals surface area contributed by atoms with Crippen LogP contribution in [-0.2, 0) is 4.79 Å². The molecule has 15 heavy (non-hydrogen) atoms. The van der Waals surface area contributed by atoms with E-state index in [-0.39, 0.29) is 25.2 Å². The summed E-state index contributed by atoms with van der Waals surface area (Å²) in [5, 5.41) is 17.6. The van der Waals surface area contributed by atoms with Gasteiger partial charge in [-0.15, -0.1) is 0 Å². The lowest BCUT2D eigenvalue weighted by Crippen LogP contribution is -2.41. The van der Waals surface area contributed by atoms with E-state index in [1.54, 1.807) is 4.90 Å². The summed E-state index contributed by atoms with van der Waals surface area (Å²) in [5.41, 5.74) is 0. The average molecular weight is 217 g/mol. The second kappa shape index (κ2) is 8.68. The van der Waals surface area contributed by atoms with Gasteiger partial charge in [0, 0.05) is 25.6 Å². The average Bonchev–Trinajstić information content (AvgIpc) is 2.26. The van der Waals surface area contributed by atoms with Gasteiger partial charge in [0.2, 0.25) is 5.91 Å². The normalized spacial score (nSPS) is 10.7. The Balaban J connectivity index is 4.28. The van der Waals surface area contributed by atoms with E-state index in [0.717, 1.165) is 12.8 Å². The number of amides is 1. The van der Waals surface area contributed by atoms with Crippen LogP contribution in [-0.4, -0.2) is 46.8 Å². The third kappa shape index (κ3) is 5.14. The van der Waals surface area contributed by atoms with E-state index in [1.807, 2.05) is 13.8 Å². The first kappa shape index (κ1) is 14.4. The predicted molar refractivity (Wildman–Crippen MR) is 59.5 cm³/mol. The maximum absolute atomic E-state index is 11.8. The summed E-state index contributed by atoms with van der Waals surface area (Å²) in [6.45, 7) is 4.52. The van der Waals surface area contributed by atoms with E-state index in [1.165, 1.54) is 0 Å². The Kier molecular flexibility index (Phi) is 8.33. The number of hydrogen-bond donors (Lipinski definition) is 2. The minimum absolute atomic E-state index is 0.00135. The minimum Gasteiger partial charge on any atom is -0.396 e. The van der Waals surface area contributed by atoms with E-state index in [4.69, 9.17) is 10.2 Å². The second-order valence-electron chi connectivity index (χ2n) is 3.61. The maximum Gasteiger partial charge on any atom is 0.222 e. The molecule has 0 heterocycles. The Morgan fingerprint density at radius 1 is 1.20 bits per heavy atom. The number of aliphatic hydroxyl groups is 2. The SMILES string of the molecule is CCC(CC)N(CCO)C(=O)CCCO. The lowest BCUT2D eigenvalue weighted by Gasteiger charge is -2.30. The molecule has 0 aromatic rings. The zero-order chi connectivity index (χ0) is 11.7. The Bertz CT molecular complexity index is 169. The van der Waals surface area contributed by atoms with Gasteiger partial charge in [0.05, 0.1) is 6.61 Å². The molecule has 0 fully saturated rings. The summed E-state index contributed by atoms with van der Waals surface area (Å²) in [6, 6.07) is 0.211. The van der Waals surface area contributed by atoms with Gasteiger partial charge in [0.15, 0.2) is 0 Å². The van der Waals surface area contributed by atoms with Gasteiger partial charge in [-0.05, 0) is 19.3 Å². The van der Waals surface area contributed by atoms with Gasteiger partial charge >= 0.3 is 0 Å². The molecule has 4 nitrogen and oxygen atoms in total. The van der Waals surface area contributed by atoms with Crippen LogP contribution in [0.25, 0.3) is 0 Å². The van der Waals surface area contributed by atoms with Gasteiger partial charge in [-0.25, -0.2) is 0 Å². The number of aliphatic hydroxyl groups excluding tert-OH is 2. The second-order valence-corrected chi connectivity index (χ2v) is 3.61. The van der Waals surface area contributed by atoms with Gasteiger partial charge in [-0.3, -0.25) is 4.79 Å². The van der Waals surface area contributed by atoms with Crippen molar-refractivity contribution in [2.45, 2.75) is 45.6 Å². The van der Waals surface area contributed by atoms with Crippen LogP contribution in [0.3, 0.4) is 0 Å². The molecule has 0 bridgehead atoms. The molecule has 0 rings (SSSR count). The number of rotatable bonds is 8. The molecular formula is C11H23NO3. The molecule has 0 aliphatic rings. The Morgan fingerprint density at radius 3 is 2.20 bits per heavy atom. The molecule has 0 spiro atoms. The molecule has 0 aromatic carbocycles. The van der Waals surface area contributed by atoms with Crippen molar-refractivity contribution in [3.8, 4) is 0 Å². The van der Waals surface area contributed by atoms with E-state index in [0.29, 0.717) is 19.4 Å². The van der Waals surface area contributed by atoms with Crippen molar-refractivity contribution >= 4 is 5.91 Å². The van der Waals surface area contributed by atoms with Gasteiger partial charge < -0.3 is 15.1 Å². The third-order valence-electron chi connectivity index (χ3n) is 2.59. The fourth-order valence-corrected chi connectivity index (χ4v) is 1.72. The summed E-state index contributed by atoms with van der Waals surface area (Å²) in [4.78, 5) is 13.5. The third-order valence-corrected chi connectivity index (χ3v) is 2.59. The summed E-state index contributed by atoms with van der Waals surface area (Å²) < 4.78 is 0. The molecule has 90 valence electrons. The summed E-state index contributed by atoms with van der Waals surface area (Å²) in [5.74, 6) is 0.0341. The molecule has 0 saturated heterocycles. The van der Waals surface area contributed by atoms with Crippen molar-refractivity contribution < 1.29 is 15.0 Å². The van der Waals surface area contributed by atoms with E-state index in [2.05, 4.69) is 0 Å². The fraction of sp³-hybridized carbons (Fsp3) is 0.909. The first-order chi connectivity index (χ1) is 7.21. The quantitative estimate of drug-likeness (QED) is 0.631. The zero-order valence-electron chi connectivity index (χ0n) is 9.78. The molecule has 0 unspecified atom stereocenters. The number of hydrogen-bond acceptors (Lipinski definition) is 3. The van der Waals surface area contributed by atoms with Crippen molar-refractivity contribution in [2.24, 2.45) is 0 Å². The molecule has 4 heteroatoms. The molecule has 0 aliphatic carbocycles. The van der Waals surface area contributed by atoms with Gasteiger partial charge in [-0.1, -0.05) is 13.8 Å². The van der Waals surface area contributed by atoms with Crippen LogP contribution >= 0.6 is 0 Å². The van der Waals surface area contributed by atoms with E-state index in [9.17, 15) is 4.79 Å². The summed E-state index contributed by atoms with van der Waals surface area (Å²) >= 11 is 0. The highest BCUT2D eigenvalue weighted by atomic mass is 16.3. The van der Waals surface area contributed by atoms with Gasteiger partial charge in [0.1, 0.15) is 0 Å². The Hall–Kier alpha value is -0.610. The molecule has 0 atom stereocenters. The van der Waals surface area contributed by atoms with Crippen molar-refractivity contribution in [2.75, 3.05) is 19.8 Å². The highest BCUT2D eigenvalue weighted by Gasteiger charge is 2.19. The molecule has 2 N–H and O–H groups in total. The first-order valence-corrected chi connectivity index (χ1v) is 5.72. The fourth-order valence-electron chi connectivity index (χ4n) is 1.72. The Labute approximate surface area is 91.9 Å². The van der Waals surface area contributed by atoms with Gasteiger partial charge in [-0.2, -0.15) is 0 Å². The number of carbonyl (C=O) groups is 1.